The highest BCUT2D eigenvalue weighted by Gasteiger charge is 2.34. The summed E-state index contributed by atoms with van der Waals surface area (Å²) >= 11 is 3.31. The van der Waals surface area contributed by atoms with Gasteiger partial charge in [0.05, 0.1) is 23.4 Å². The van der Waals surface area contributed by atoms with Crippen LogP contribution in [0.3, 0.4) is 0 Å². The van der Waals surface area contributed by atoms with Crippen molar-refractivity contribution in [2.24, 2.45) is 0 Å². The van der Waals surface area contributed by atoms with Crippen molar-refractivity contribution in [2.75, 3.05) is 25.0 Å². The van der Waals surface area contributed by atoms with Crippen LogP contribution in [0.2, 0.25) is 0 Å². The zero-order valence-electron chi connectivity index (χ0n) is 15.3. The number of hydrogen-bond acceptors (Lipinski definition) is 4. The van der Waals surface area contributed by atoms with E-state index in [4.69, 9.17) is 4.74 Å². The Balaban J connectivity index is 1.48. The number of imide groups is 1. The van der Waals surface area contributed by atoms with Gasteiger partial charge in [-0.1, -0.05) is 28.1 Å². The predicted molar refractivity (Wildman–Crippen MR) is 109 cm³/mol. The SMILES string of the molecule is CCOc1ccccc1NC(=O)NCCCN1C(=O)c2ccc(Br)cc2C1=O. The first kappa shape index (κ1) is 19.9. The van der Waals surface area contributed by atoms with Crippen LogP contribution in [-0.4, -0.2) is 42.4 Å². The minimum Gasteiger partial charge on any atom is -0.492 e. The molecule has 0 unspecified atom stereocenters. The molecule has 7 nitrogen and oxygen atoms in total. The molecule has 2 aromatic rings. The minimum atomic E-state index is -0.376. The van der Waals surface area contributed by atoms with Gasteiger partial charge in [0.2, 0.25) is 0 Å². The molecule has 2 N–H and O–H groups in total. The summed E-state index contributed by atoms with van der Waals surface area (Å²) in [5.41, 5.74) is 1.39. The molecule has 3 rings (SSSR count). The summed E-state index contributed by atoms with van der Waals surface area (Å²) in [4.78, 5) is 38.0. The van der Waals surface area contributed by atoms with Crippen LogP contribution in [0.1, 0.15) is 34.1 Å². The Morgan fingerprint density at radius 2 is 1.86 bits per heavy atom. The number of carbonyl (C=O) groups is 3. The van der Waals surface area contributed by atoms with Crippen LogP contribution in [0.5, 0.6) is 5.75 Å². The molecule has 0 aliphatic carbocycles. The van der Waals surface area contributed by atoms with Crippen molar-refractivity contribution in [3.63, 3.8) is 0 Å². The normalized spacial score (nSPS) is 12.7. The second-order valence-corrected chi connectivity index (χ2v) is 7.03. The third kappa shape index (κ3) is 4.33. The quantitative estimate of drug-likeness (QED) is 0.502. The Morgan fingerprint density at radius 1 is 1.11 bits per heavy atom. The van der Waals surface area contributed by atoms with Gasteiger partial charge in [0.25, 0.3) is 11.8 Å². The summed E-state index contributed by atoms with van der Waals surface area (Å²) in [5, 5.41) is 5.46. The van der Waals surface area contributed by atoms with E-state index in [0.717, 1.165) is 4.47 Å². The number of nitrogens with zero attached hydrogens (tertiary/aromatic N) is 1. The largest absolute Gasteiger partial charge is 0.492 e. The Labute approximate surface area is 171 Å². The number of rotatable bonds is 7. The minimum absolute atomic E-state index is 0.236. The first-order valence-corrected chi connectivity index (χ1v) is 9.73. The van der Waals surface area contributed by atoms with Crippen molar-refractivity contribution < 1.29 is 19.1 Å². The summed E-state index contributed by atoms with van der Waals surface area (Å²) in [7, 11) is 0. The molecular weight excluding hydrogens is 426 g/mol. The van der Waals surface area contributed by atoms with E-state index in [-0.39, 0.29) is 24.4 Å². The van der Waals surface area contributed by atoms with Gasteiger partial charge in [-0.3, -0.25) is 14.5 Å². The standard InChI is InChI=1S/C20H20BrN3O4/c1-2-28-17-7-4-3-6-16(17)23-20(27)22-10-5-11-24-18(25)14-9-8-13(21)12-15(14)19(24)26/h3-4,6-9,12H,2,5,10-11H2,1H3,(H2,22,23,27). The highest BCUT2D eigenvalue weighted by atomic mass is 79.9. The van der Waals surface area contributed by atoms with E-state index in [1.807, 2.05) is 13.0 Å². The Bertz CT molecular complexity index is 916. The first-order chi connectivity index (χ1) is 13.5. The van der Waals surface area contributed by atoms with Crippen LogP contribution in [0.25, 0.3) is 0 Å². The van der Waals surface area contributed by atoms with E-state index >= 15 is 0 Å². The molecule has 0 aromatic heterocycles. The maximum absolute atomic E-state index is 12.4. The van der Waals surface area contributed by atoms with Crippen LogP contribution < -0.4 is 15.4 Å². The number of ether oxygens (including phenoxy) is 1. The first-order valence-electron chi connectivity index (χ1n) is 8.93. The highest BCUT2D eigenvalue weighted by molar-refractivity contribution is 9.10. The second-order valence-electron chi connectivity index (χ2n) is 6.12. The molecule has 8 heteroatoms. The van der Waals surface area contributed by atoms with Crippen LogP contribution in [0.4, 0.5) is 10.5 Å². The third-order valence-corrected chi connectivity index (χ3v) is 4.71. The number of nitrogens with one attached hydrogen (secondary N) is 2. The van der Waals surface area contributed by atoms with Gasteiger partial charge in [-0.05, 0) is 43.7 Å². The molecule has 4 amide bonds. The molecule has 1 aliphatic rings. The zero-order valence-corrected chi connectivity index (χ0v) is 16.9. The van der Waals surface area contributed by atoms with Crippen LogP contribution in [0.15, 0.2) is 46.9 Å². The molecule has 0 atom stereocenters. The maximum atomic E-state index is 12.4. The van der Waals surface area contributed by atoms with Gasteiger partial charge in [-0.15, -0.1) is 0 Å². The number of halogens is 1. The topological polar surface area (TPSA) is 87.7 Å². The third-order valence-electron chi connectivity index (χ3n) is 4.21. The number of anilines is 1. The van der Waals surface area contributed by atoms with Crippen molar-refractivity contribution in [1.29, 1.82) is 0 Å². The van der Waals surface area contributed by atoms with Crippen molar-refractivity contribution in [3.05, 3.63) is 58.1 Å². The predicted octanol–water partition coefficient (Wildman–Crippen LogP) is 3.66. The molecular formula is C20H20BrN3O4. The fourth-order valence-electron chi connectivity index (χ4n) is 2.92. The highest BCUT2D eigenvalue weighted by Crippen LogP contribution is 2.26. The van der Waals surface area contributed by atoms with Crippen LogP contribution in [-0.2, 0) is 0 Å². The number of para-hydroxylation sites is 2. The van der Waals surface area contributed by atoms with Crippen molar-refractivity contribution >= 4 is 39.5 Å². The second kappa shape index (κ2) is 8.88. The Hall–Kier alpha value is -2.87. The molecule has 1 heterocycles. The fourth-order valence-corrected chi connectivity index (χ4v) is 3.28. The van der Waals surface area contributed by atoms with E-state index in [2.05, 4.69) is 26.6 Å². The van der Waals surface area contributed by atoms with Gasteiger partial charge in [-0.2, -0.15) is 0 Å². The van der Waals surface area contributed by atoms with Crippen LogP contribution in [0, 0.1) is 0 Å². The van der Waals surface area contributed by atoms with E-state index in [0.29, 0.717) is 42.1 Å². The average Bonchev–Trinajstić information content (AvgIpc) is 2.91. The molecule has 0 fully saturated rings. The number of hydrogen-bond donors (Lipinski definition) is 2. The summed E-state index contributed by atoms with van der Waals surface area (Å²) in [6.45, 7) is 2.92. The number of amides is 4. The fraction of sp³-hybridized carbons (Fsp3) is 0.250. The van der Waals surface area contributed by atoms with Gasteiger partial charge >= 0.3 is 6.03 Å². The lowest BCUT2D eigenvalue weighted by Crippen LogP contribution is -2.35. The van der Waals surface area contributed by atoms with Crippen molar-refractivity contribution in [2.45, 2.75) is 13.3 Å². The van der Waals surface area contributed by atoms with E-state index in [1.165, 1.54) is 4.90 Å². The number of fused-ring (bicyclic) bond motifs is 1. The molecule has 28 heavy (non-hydrogen) atoms. The Morgan fingerprint density at radius 3 is 2.64 bits per heavy atom. The van der Waals surface area contributed by atoms with Crippen LogP contribution >= 0.6 is 15.9 Å². The maximum Gasteiger partial charge on any atom is 0.319 e. The molecule has 0 radical (unpaired) electrons. The summed E-state index contributed by atoms with van der Waals surface area (Å²) in [6, 6.07) is 11.8. The van der Waals surface area contributed by atoms with Gasteiger partial charge < -0.3 is 15.4 Å². The molecule has 146 valence electrons. The zero-order chi connectivity index (χ0) is 20.1. The molecule has 0 saturated carbocycles. The number of benzene rings is 2. The number of carbonyl (C=O) groups excluding carboxylic acids is 3. The smallest absolute Gasteiger partial charge is 0.319 e. The monoisotopic (exact) mass is 445 g/mol. The Kier molecular flexibility index (Phi) is 6.30. The van der Waals surface area contributed by atoms with E-state index in [1.54, 1.807) is 36.4 Å². The molecule has 0 bridgehead atoms. The summed E-state index contributed by atoms with van der Waals surface area (Å²) in [5.74, 6) is -0.0173. The van der Waals surface area contributed by atoms with Gasteiger partial charge in [0.1, 0.15) is 5.75 Å². The molecule has 0 saturated heterocycles. The lowest BCUT2D eigenvalue weighted by atomic mass is 10.1. The van der Waals surface area contributed by atoms with Crippen molar-refractivity contribution in [3.8, 4) is 5.75 Å². The van der Waals surface area contributed by atoms with Crippen molar-refractivity contribution in [1.82, 2.24) is 10.2 Å². The average molecular weight is 446 g/mol. The molecule has 1 aliphatic heterocycles. The molecule has 2 aromatic carbocycles. The number of urea groups is 1. The summed E-state index contributed by atoms with van der Waals surface area (Å²) in [6.07, 6.45) is 0.452. The lowest BCUT2D eigenvalue weighted by molar-refractivity contribution is 0.0653. The van der Waals surface area contributed by atoms with Gasteiger partial charge in [-0.25, -0.2) is 4.79 Å². The van der Waals surface area contributed by atoms with E-state index in [9.17, 15) is 14.4 Å². The van der Waals surface area contributed by atoms with Gasteiger partial charge in [0.15, 0.2) is 0 Å². The van der Waals surface area contributed by atoms with E-state index < -0.39 is 0 Å². The van der Waals surface area contributed by atoms with Gasteiger partial charge in [0, 0.05) is 17.6 Å². The summed E-state index contributed by atoms with van der Waals surface area (Å²) < 4.78 is 6.22. The molecule has 0 spiro atoms. The lowest BCUT2D eigenvalue weighted by Gasteiger charge is -2.15.